The van der Waals surface area contributed by atoms with Crippen molar-refractivity contribution in [3.05, 3.63) is 17.9 Å². The number of nitrogens with two attached hydrogens (primary N) is 1. The van der Waals surface area contributed by atoms with Crippen molar-refractivity contribution in [3.8, 4) is 11.5 Å². The highest BCUT2D eigenvalue weighted by Gasteiger charge is 2.18. The summed E-state index contributed by atoms with van der Waals surface area (Å²) in [5, 5.41) is 0. The van der Waals surface area contributed by atoms with Crippen LogP contribution in [-0.2, 0) is 0 Å². The van der Waals surface area contributed by atoms with Crippen LogP contribution < -0.4 is 15.2 Å². The van der Waals surface area contributed by atoms with E-state index in [9.17, 15) is 13.2 Å². The van der Waals surface area contributed by atoms with Gasteiger partial charge < -0.3 is 15.2 Å². The van der Waals surface area contributed by atoms with E-state index in [0.717, 1.165) is 18.6 Å². The summed E-state index contributed by atoms with van der Waals surface area (Å²) >= 11 is 0. The minimum absolute atomic E-state index is 0.0766. The minimum atomic E-state index is -3.08. The second kappa shape index (κ2) is 6.04. The van der Waals surface area contributed by atoms with E-state index in [0.29, 0.717) is 12.5 Å². The first-order chi connectivity index (χ1) is 9.06. The standard InChI is InChI=1S/C13H16F3NO2/c14-9-6-10(17)12(7-11(9)19-13(15)16)18-5-4-8-2-1-3-8/h6-8,13H,1-5,17H2. The van der Waals surface area contributed by atoms with Crippen LogP contribution in [0.5, 0.6) is 11.5 Å². The van der Waals surface area contributed by atoms with Gasteiger partial charge in [0.15, 0.2) is 11.6 Å². The summed E-state index contributed by atoms with van der Waals surface area (Å²) in [6.45, 7) is -2.64. The van der Waals surface area contributed by atoms with Crippen LogP contribution in [0.25, 0.3) is 0 Å². The Morgan fingerprint density at radius 1 is 1.26 bits per heavy atom. The van der Waals surface area contributed by atoms with Crippen molar-refractivity contribution in [1.29, 1.82) is 0 Å². The molecule has 1 aromatic carbocycles. The molecule has 2 N–H and O–H groups in total. The SMILES string of the molecule is Nc1cc(F)c(OC(F)F)cc1OCCC1CCC1. The van der Waals surface area contributed by atoms with Gasteiger partial charge in [0.25, 0.3) is 0 Å². The molecule has 19 heavy (non-hydrogen) atoms. The fourth-order valence-electron chi connectivity index (χ4n) is 1.98. The molecule has 1 aliphatic carbocycles. The molecule has 1 saturated carbocycles. The maximum absolute atomic E-state index is 13.3. The quantitative estimate of drug-likeness (QED) is 0.807. The fourth-order valence-corrected chi connectivity index (χ4v) is 1.98. The number of nitrogen functional groups attached to an aromatic ring is 1. The highest BCUT2D eigenvalue weighted by molar-refractivity contribution is 5.56. The van der Waals surface area contributed by atoms with E-state index >= 15 is 0 Å². The third-order valence-corrected chi connectivity index (χ3v) is 3.29. The van der Waals surface area contributed by atoms with Gasteiger partial charge in [-0.3, -0.25) is 0 Å². The van der Waals surface area contributed by atoms with E-state index < -0.39 is 18.2 Å². The van der Waals surface area contributed by atoms with Gasteiger partial charge >= 0.3 is 6.61 Å². The first-order valence-electron chi connectivity index (χ1n) is 6.23. The second-order valence-electron chi connectivity index (χ2n) is 4.63. The third-order valence-electron chi connectivity index (χ3n) is 3.29. The van der Waals surface area contributed by atoms with Crippen molar-refractivity contribution < 1.29 is 22.6 Å². The molecule has 0 bridgehead atoms. The lowest BCUT2D eigenvalue weighted by atomic mass is 9.83. The molecule has 0 atom stereocenters. The van der Waals surface area contributed by atoms with Gasteiger partial charge in [0.2, 0.25) is 0 Å². The van der Waals surface area contributed by atoms with Crippen LogP contribution in [0.4, 0.5) is 18.9 Å². The van der Waals surface area contributed by atoms with Gasteiger partial charge in [-0.2, -0.15) is 8.78 Å². The first-order valence-corrected chi connectivity index (χ1v) is 6.23. The Hall–Kier alpha value is -1.59. The van der Waals surface area contributed by atoms with Crippen LogP contribution in [0.15, 0.2) is 12.1 Å². The van der Waals surface area contributed by atoms with Crippen molar-refractivity contribution >= 4 is 5.69 Å². The van der Waals surface area contributed by atoms with Gasteiger partial charge in [-0.1, -0.05) is 19.3 Å². The summed E-state index contributed by atoms with van der Waals surface area (Å²) in [5.41, 5.74) is 5.65. The molecule has 0 spiro atoms. The Morgan fingerprint density at radius 3 is 2.58 bits per heavy atom. The Morgan fingerprint density at radius 2 is 2.00 bits per heavy atom. The maximum atomic E-state index is 13.3. The van der Waals surface area contributed by atoms with Gasteiger partial charge in [0.05, 0.1) is 12.3 Å². The number of halogens is 3. The molecule has 0 aliphatic heterocycles. The van der Waals surface area contributed by atoms with Gasteiger partial charge in [0, 0.05) is 12.1 Å². The second-order valence-corrected chi connectivity index (χ2v) is 4.63. The van der Waals surface area contributed by atoms with Crippen LogP contribution in [0, 0.1) is 11.7 Å². The maximum Gasteiger partial charge on any atom is 0.387 e. The highest BCUT2D eigenvalue weighted by Crippen LogP contribution is 2.33. The van der Waals surface area contributed by atoms with E-state index in [-0.39, 0.29) is 11.4 Å². The number of anilines is 1. The summed E-state index contributed by atoms with van der Waals surface area (Å²) in [5.74, 6) is -0.637. The van der Waals surface area contributed by atoms with Gasteiger partial charge in [0.1, 0.15) is 5.75 Å². The molecule has 0 radical (unpaired) electrons. The summed E-state index contributed by atoms with van der Waals surface area (Å²) in [7, 11) is 0. The Kier molecular flexibility index (Phi) is 4.39. The average Bonchev–Trinajstić information content (AvgIpc) is 2.27. The lowest BCUT2D eigenvalue weighted by Crippen LogP contribution is -2.15. The molecule has 0 aromatic heterocycles. The van der Waals surface area contributed by atoms with E-state index in [2.05, 4.69) is 4.74 Å². The van der Waals surface area contributed by atoms with Crippen LogP contribution >= 0.6 is 0 Å². The molecule has 6 heteroatoms. The number of rotatable bonds is 6. The number of ether oxygens (including phenoxy) is 2. The van der Waals surface area contributed by atoms with Crippen molar-refractivity contribution in [2.24, 2.45) is 5.92 Å². The van der Waals surface area contributed by atoms with Crippen LogP contribution in [0.3, 0.4) is 0 Å². The molecular weight excluding hydrogens is 259 g/mol. The monoisotopic (exact) mass is 275 g/mol. The molecule has 1 aromatic rings. The lowest BCUT2D eigenvalue weighted by molar-refractivity contribution is -0.0522. The molecule has 0 saturated heterocycles. The number of alkyl halides is 2. The Balaban J connectivity index is 1.97. The average molecular weight is 275 g/mol. The van der Waals surface area contributed by atoms with Gasteiger partial charge in [-0.25, -0.2) is 4.39 Å². The zero-order chi connectivity index (χ0) is 13.8. The number of benzene rings is 1. The Labute approximate surface area is 109 Å². The molecule has 2 rings (SSSR count). The van der Waals surface area contributed by atoms with Crippen molar-refractivity contribution in [2.75, 3.05) is 12.3 Å². The summed E-state index contributed by atoms with van der Waals surface area (Å²) in [6, 6.07) is 1.99. The molecule has 0 unspecified atom stereocenters. The minimum Gasteiger partial charge on any atom is -0.491 e. The molecule has 1 fully saturated rings. The molecule has 0 amide bonds. The molecule has 1 aliphatic rings. The van der Waals surface area contributed by atoms with Crippen LogP contribution in [-0.4, -0.2) is 13.2 Å². The normalized spacial score (nSPS) is 15.4. The zero-order valence-corrected chi connectivity index (χ0v) is 10.4. The van der Waals surface area contributed by atoms with E-state index in [4.69, 9.17) is 10.5 Å². The third kappa shape index (κ3) is 3.68. The number of hydrogen-bond acceptors (Lipinski definition) is 3. The van der Waals surface area contributed by atoms with E-state index in [1.165, 1.54) is 19.3 Å². The topological polar surface area (TPSA) is 44.5 Å². The molecular formula is C13H16F3NO2. The molecule has 106 valence electrons. The summed E-state index contributed by atoms with van der Waals surface area (Å²) < 4.78 is 46.9. The first kappa shape index (κ1) is 13.8. The fraction of sp³-hybridized carbons (Fsp3) is 0.538. The molecule has 0 heterocycles. The predicted molar refractivity (Wildman–Crippen MR) is 64.9 cm³/mol. The van der Waals surface area contributed by atoms with Crippen LogP contribution in [0.2, 0.25) is 0 Å². The lowest BCUT2D eigenvalue weighted by Gasteiger charge is -2.25. The molecule has 3 nitrogen and oxygen atoms in total. The smallest absolute Gasteiger partial charge is 0.387 e. The van der Waals surface area contributed by atoms with Gasteiger partial charge in [-0.15, -0.1) is 0 Å². The Bertz CT molecular complexity index is 436. The van der Waals surface area contributed by atoms with Crippen LogP contribution in [0.1, 0.15) is 25.7 Å². The van der Waals surface area contributed by atoms with Crippen molar-refractivity contribution in [2.45, 2.75) is 32.3 Å². The highest BCUT2D eigenvalue weighted by atomic mass is 19.3. The predicted octanol–water partition coefficient (Wildman–Crippen LogP) is 3.58. The van der Waals surface area contributed by atoms with Crippen molar-refractivity contribution in [3.63, 3.8) is 0 Å². The van der Waals surface area contributed by atoms with E-state index in [1.54, 1.807) is 0 Å². The van der Waals surface area contributed by atoms with Crippen molar-refractivity contribution in [1.82, 2.24) is 0 Å². The summed E-state index contributed by atoms with van der Waals surface area (Å²) in [4.78, 5) is 0. The summed E-state index contributed by atoms with van der Waals surface area (Å²) in [6.07, 6.45) is 4.53. The largest absolute Gasteiger partial charge is 0.491 e. The number of hydrogen-bond donors (Lipinski definition) is 1. The van der Waals surface area contributed by atoms with E-state index in [1.807, 2.05) is 0 Å². The zero-order valence-electron chi connectivity index (χ0n) is 10.4. The van der Waals surface area contributed by atoms with Gasteiger partial charge in [-0.05, 0) is 12.3 Å².